The van der Waals surface area contributed by atoms with Crippen molar-refractivity contribution in [2.75, 3.05) is 39.4 Å². The Morgan fingerprint density at radius 3 is 2.48 bits per heavy atom. The lowest BCUT2D eigenvalue weighted by molar-refractivity contribution is -0.121. The van der Waals surface area contributed by atoms with E-state index in [9.17, 15) is 13.2 Å². The molecule has 150 valence electrons. The minimum atomic E-state index is -3.47. The van der Waals surface area contributed by atoms with Crippen molar-refractivity contribution in [2.24, 2.45) is 5.92 Å². The summed E-state index contributed by atoms with van der Waals surface area (Å²) >= 11 is 0. The summed E-state index contributed by atoms with van der Waals surface area (Å²) in [5.41, 5.74) is 0.895. The van der Waals surface area contributed by atoms with Gasteiger partial charge in [0.1, 0.15) is 0 Å². The Morgan fingerprint density at radius 2 is 1.81 bits per heavy atom. The second kappa shape index (κ2) is 9.64. The predicted octanol–water partition coefficient (Wildman–Crippen LogP) is 1.10. The van der Waals surface area contributed by atoms with Crippen LogP contribution in [0.15, 0.2) is 29.2 Å². The average Bonchev–Trinajstić information content (AvgIpc) is 2.72. The first-order valence-corrected chi connectivity index (χ1v) is 11.1. The molecular formula is C19H29N3O4S. The lowest BCUT2D eigenvalue weighted by Gasteiger charge is -2.26. The van der Waals surface area contributed by atoms with Crippen LogP contribution in [0.4, 0.5) is 0 Å². The lowest BCUT2D eigenvalue weighted by Crippen LogP contribution is -2.40. The van der Waals surface area contributed by atoms with Gasteiger partial charge in [-0.3, -0.25) is 4.79 Å². The molecule has 0 spiro atoms. The number of hydrogen-bond acceptors (Lipinski definition) is 5. The molecule has 2 aliphatic heterocycles. The van der Waals surface area contributed by atoms with Crippen molar-refractivity contribution in [3.8, 4) is 0 Å². The molecule has 0 radical (unpaired) electrons. The van der Waals surface area contributed by atoms with Crippen molar-refractivity contribution in [3.05, 3.63) is 29.8 Å². The molecule has 1 aromatic rings. The zero-order valence-corrected chi connectivity index (χ0v) is 16.5. The molecule has 0 bridgehead atoms. The van der Waals surface area contributed by atoms with Crippen LogP contribution in [0.1, 0.15) is 31.2 Å². The van der Waals surface area contributed by atoms with Crippen LogP contribution in [0, 0.1) is 5.92 Å². The highest BCUT2D eigenvalue weighted by Gasteiger charge is 2.26. The van der Waals surface area contributed by atoms with Gasteiger partial charge in [0, 0.05) is 26.1 Å². The molecule has 1 amide bonds. The molecule has 2 heterocycles. The van der Waals surface area contributed by atoms with Crippen LogP contribution in [-0.2, 0) is 26.1 Å². The second-order valence-electron chi connectivity index (χ2n) is 7.17. The number of nitrogens with zero attached hydrogens (tertiary/aromatic N) is 1. The highest BCUT2D eigenvalue weighted by molar-refractivity contribution is 7.89. The molecular weight excluding hydrogens is 366 g/mol. The number of carbonyl (C=O) groups excluding carboxylic acids is 1. The topological polar surface area (TPSA) is 87.7 Å². The molecule has 2 N–H and O–H groups in total. The Balaban J connectivity index is 1.46. The van der Waals surface area contributed by atoms with E-state index in [1.807, 2.05) is 0 Å². The Labute approximate surface area is 161 Å². The molecule has 3 rings (SSSR count). The molecule has 7 nitrogen and oxygen atoms in total. The maximum Gasteiger partial charge on any atom is 0.243 e. The summed E-state index contributed by atoms with van der Waals surface area (Å²) in [6, 6.07) is 6.75. The summed E-state index contributed by atoms with van der Waals surface area (Å²) in [7, 11) is -3.47. The van der Waals surface area contributed by atoms with Crippen LogP contribution in [-0.4, -0.2) is 58.0 Å². The Bertz CT molecular complexity index is 709. The van der Waals surface area contributed by atoms with E-state index in [0.717, 1.165) is 37.9 Å². The smallest absolute Gasteiger partial charge is 0.243 e. The number of amides is 1. The minimum Gasteiger partial charge on any atom is -0.379 e. The predicted molar refractivity (Wildman–Crippen MR) is 103 cm³/mol. The molecule has 1 aromatic carbocycles. The SMILES string of the molecule is O=C(CCC1CCNCC1)NCc1ccc(S(=O)(=O)N2CCOCC2)cc1. The van der Waals surface area contributed by atoms with Crippen molar-refractivity contribution in [1.29, 1.82) is 0 Å². The van der Waals surface area contributed by atoms with Gasteiger partial charge in [0.05, 0.1) is 18.1 Å². The summed E-state index contributed by atoms with van der Waals surface area (Å²) < 4.78 is 31.9. The van der Waals surface area contributed by atoms with E-state index in [-0.39, 0.29) is 10.8 Å². The van der Waals surface area contributed by atoms with E-state index >= 15 is 0 Å². The molecule has 0 unspecified atom stereocenters. The third kappa shape index (κ3) is 5.75. The second-order valence-corrected chi connectivity index (χ2v) is 9.11. The lowest BCUT2D eigenvalue weighted by atomic mass is 9.93. The molecule has 2 saturated heterocycles. The molecule has 2 fully saturated rings. The first kappa shape index (κ1) is 20.3. The van der Waals surface area contributed by atoms with Gasteiger partial charge in [-0.05, 0) is 56.0 Å². The number of benzene rings is 1. The van der Waals surface area contributed by atoms with Gasteiger partial charge >= 0.3 is 0 Å². The minimum absolute atomic E-state index is 0.0542. The third-order valence-electron chi connectivity index (χ3n) is 5.26. The maximum atomic E-state index is 12.6. The molecule has 2 aliphatic rings. The Hall–Kier alpha value is -1.48. The number of ether oxygens (including phenoxy) is 1. The first-order chi connectivity index (χ1) is 13.1. The van der Waals surface area contributed by atoms with Crippen LogP contribution >= 0.6 is 0 Å². The number of sulfonamides is 1. The highest BCUT2D eigenvalue weighted by atomic mass is 32.2. The molecule has 0 saturated carbocycles. The largest absolute Gasteiger partial charge is 0.379 e. The number of rotatable bonds is 7. The highest BCUT2D eigenvalue weighted by Crippen LogP contribution is 2.19. The van der Waals surface area contributed by atoms with Gasteiger partial charge in [-0.25, -0.2) is 8.42 Å². The summed E-state index contributed by atoms with van der Waals surface area (Å²) in [6.07, 6.45) is 3.77. The average molecular weight is 396 g/mol. The van der Waals surface area contributed by atoms with Gasteiger partial charge in [0.2, 0.25) is 15.9 Å². The molecule has 0 atom stereocenters. The van der Waals surface area contributed by atoms with E-state index < -0.39 is 10.0 Å². The summed E-state index contributed by atoms with van der Waals surface area (Å²) in [4.78, 5) is 12.3. The van der Waals surface area contributed by atoms with Crippen LogP contribution in [0.25, 0.3) is 0 Å². The van der Waals surface area contributed by atoms with Crippen LogP contribution in [0.5, 0.6) is 0 Å². The quantitative estimate of drug-likeness (QED) is 0.722. The normalized spacial score (nSPS) is 19.7. The zero-order chi connectivity index (χ0) is 19.1. The van der Waals surface area contributed by atoms with Gasteiger partial charge in [0.15, 0.2) is 0 Å². The molecule has 8 heteroatoms. The van der Waals surface area contributed by atoms with Crippen molar-refractivity contribution in [2.45, 2.75) is 37.1 Å². The first-order valence-electron chi connectivity index (χ1n) is 9.70. The van der Waals surface area contributed by atoms with E-state index in [1.165, 1.54) is 4.31 Å². The van der Waals surface area contributed by atoms with Gasteiger partial charge in [-0.1, -0.05) is 12.1 Å². The van der Waals surface area contributed by atoms with E-state index in [0.29, 0.717) is 45.2 Å². The number of nitrogens with one attached hydrogen (secondary N) is 2. The van der Waals surface area contributed by atoms with E-state index in [1.54, 1.807) is 24.3 Å². The van der Waals surface area contributed by atoms with Crippen LogP contribution in [0.3, 0.4) is 0 Å². The molecule has 0 aromatic heterocycles. The zero-order valence-electron chi connectivity index (χ0n) is 15.7. The summed E-state index contributed by atoms with van der Waals surface area (Å²) in [5.74, 6) is 0.695. The Morgan fingerprint density at radius 1 is 1.15 bits per heavy atom. The van der Waals surface area contributed by atoms with E-state index in [4.69, 9.17) is 4.74 Å². The fourth-order valence-corrected chi connectivity index (χ4v) is 4.92. The van der Waals surface area contributed by atoms with Gasteiger partial charge in [-0.2, -0.15) is 4.31 Å². The summed E-state index contributed by atoms with van der Waals surface area (Å²) in [6.45, 7) is 4.15. The third-order valence-corrected chi connectivity index (χ3v) is 7.17. The Kier molecular flexibility index (Phi) is 7.23. The maximum absolute atomic E-state index is 12.6. The fourth-order valence-electron chi connectivity index (χ4n) is 3.51. The monoisotopic (exact) mass is 395 g/mol. The van der Waals surface area contributed by atoms with Gasteiger partial charge in [-0.15, -0.1) is 0 Å². The molecule has 27 heavy (non-hydrogen) atoms. The van der Waals surface area contributed by atoms with E-state index in [2.05, 4.69) is 10.6 Å². The van der Waals surface area contributed by atoms with Crippen molar-refractivity contribution in [3.63, 3.8) is 0 Å². The van der Waals surface area contributed by atoms with Crippen molar-refractivity contribution < 1.29 is 17.9 Å². The van der Waals surface area contributed by atoms with Crippen molar-refractivity contribution >= 4 is 15.9 Å². The number of hydrogen-bond donors (Lipinski definition) is 2. The standard InChI is InChI=1S/C19H29N3O4S/c23-19(6-3-16-7-9-20-10-8-16)21-15-17-1-4-18(5-2-17)27(24,25)22-11-13-26-14-12-22/h1-2,4-5,16,20H,3,6-15H2,(H,21,23). The number of piperidine rings is 1. The van der Waals surface area contributed by atoms with Gasteiger partial charge < -0.3 is 15.4 Å². The molecule has 0 aliphatic carbocycles. The van der Waals surface area contributed by atoms with Gasteiger partial charge in [0.25, 0.3) is 0 Å². The summed E-state index contributed by atoms with van der Waals surface area (Å²) in [5, 5.41) is 6.26. The van der Waals surface area contributed by atoms with Crippen LogP contribution in [0.2, 0.25) is 0 Å². The van der Waals surface area contributed by atoms with Crippen molar-refractivity contribution in [1.82, 2.24) is 14.9 Å². The number of carbonyl (C=O) groups is 1. The number of morpholine rings is 1. The van der Waals surface area contributed by atoms with Crippen LogP contribution < -0.4 is 10.6 Å². The fraction of sp³-hybridized carbons (Fsp3) is 0.632.